The van der Waals surface area contributed by atoms with E-state index in [1.54, 1.807) is 6.42 Å². The summed E-state index contributed by atoms with van der Waals surface area (Å²) in [4.78, 5) is 12.3. The van der Waals surface area contributed by atoms with E-state index < -0.39 is 0 Å². The highest BCUT2D eigenvalue weighted by Crippen LogP contribution is 2.68. The van der Waals surface area contributed by atoms with Crippen LogP contribution >= 0.6 is 0 Å². The summed E-state index contributed by atoms with van der Waals surface area (Å²) in [5, 5.41) is 0. The maximum absolute atomic E-state index is 12.3. The lowest BCUT2D eigenvalue weighted by atomic mass is 9.44. The number of rotatable bonds is 15. The molecule has 0 amide bonds. The van der Waals surface area contributed by atoms with Crippen molar-refractivity contribution < 1.29 is 9.53 Å². The molecule has 0 aromatic heterocycles. The van der Waals surface area contributed by atoms with E-state index >= 15 is 0 Å². The van der Waals surface area contributed by atoms with Gasteiger partial charge in [0.15, 0.2) is 0 Å². The fourth-order valence-corrected chi connectivity index (χ4v) is 11.2. The lowest BCUT2D eigenvalue weighted by Gasteiger charge is -2.61. The average molecular weight is 557 g/mol. The van der Waals surface area contributed by atoms with Crippen LogP contribution < -0.4 is 0 Å². The van der Waals surface area contributed by atoms with Gasteiger partial charge < -0.3 is 4.74 Å². The Morgan fingerprint density at radius 2 is 1.52 bits per heavy atom. The topological polar surface area (TPSA) is 26.3 Å². The van der Waals surface area contributed by atoms with Crippen LogP contribution in [0, 0.1) is 58.2 Å². The second-order valence-electron chi connectivity index (χ2n) is 16.2. The third kappa shape index (κ3) is 7.33. The van der Waals surface area contributed by atoms with Crippen molar-refractivity contribution in [2.75, 3.05) is 6.61 Å². The van der Waals surface area contributed by atoms with Crippen LogP contribution in [0.1, 0.15) is 170 Å². The molecule has 4 aliphatic carbocycles. The van der Waals surface area contributed by atoms with Crippen molar-refractivity contribution in [1.29, 1.82) is 0 Å². The molecule has 4 saturated carbocycles. The lowest BCUT2D eigenvalue weighted by molar-refractivity contribution is -0.144. The Bertz CT molecular complexity index is 773. The van der Waals surface area contributed by atoms with Gasteiger partial charge in [-0.05, 0) is 129 Å². The lowest BCUT2D eigenvalue weighted by Crippen LogP contribution is -2.53. The molecule has 9 atom stereocenters. The molecule has 4 aliphatic rings. The summed E-state index contributed by atoms with van der Waals surface area (Å²) in [6.45, 7) is 15.7. The molecule has 4 fully saturated rings. The molecule has 0 radical (unpaired) electrons. The Labute approximate surface area is 249 Å². The number of esters is 1. The number of fused-ring (bicyclic) bond motifs is 5. The molecule has 2 heteroatoms. The number of carbonyl (C=O) groups is 1. The van der Waals surface area contributed by atoms with E-state index in [0.717, 1.165) is 48.3 Å². The fraction of sp³-hybridized carbons (Fsp3) is 0.974. The molecule has 0 aromatic rings. The Hall–Kier alpha value is -0.530. The van der Waals surface area contributed by atoms with Crippen LogP contribution in [-0.4, -0.2) is 12.6 Å². The molecule has 0 spiro atoms. The minimum atomic E-state index is 0.0306. The summed E-state index contributed by atoms with van der Waals surface area (Å²) in [5.41, 5.74) is 1.24. The van der Waals surface area contributed by atoms with Gasteiger partial charge in [-0.25, -0.2) is 0 Å². The molecule has 0 bridgehead atoms. The fourth-order valence-electron chi connectivity index (χ4n) is 11.2. The van der Waals surface area contributed by atoms with Gasteiger partial charge in [0.05, 0.1) is 6.61 Å². The zero-order chi connectivity index (χ0) is 28.8. The molecule has 0 aliphatic heterocycles. The minimum absolute atomic E-state index is 0.0306. The highest BCUT2D eigenvalue weighted by atomic mass is 16.5. The summed E-state index contributed by atoms with van der Waals surface area (Å²) < 4.78 is 5.70. The Balaban J connectivity index is 1.22. The van der Waals surface area contributed by atoms with Gasteiger partial charge in [0.1, 0.15) is 0 Å². The van der Waals surface area contributed by atoms with Gasteiger partial charge in [0, 0.05) is 6.42 Å². The van der Waals surface area contributed by atoms with Crippen LogP contribution in [0.15, 0.2) is 0 Å². The van der Waals surface area contributed by atoms with Crippen LogP contribution in [0.2, 0.25) is 0 Å². The monoisotopic (exact) mass is 557 g/mol. The van der Waals surface area contributed by atoms with Crippen LogP contribution in [-0.2, 0) is 9.53 Å². The average Bonchev–Trinajstić information content (AvgIpc) is 3.29. The van der Waals surface area contributed by atoms with Crippen LogP contribution in [0.5, 0.6) is 0 Å². The van der Waals surface area contributed by atoms with Crippen molar-refractivity contribution in [3.05, 3.63) is 0 Å². The van der Waals surface area contributed by atoms with E-state index in [9.17, 15) is 4.79 Å². The van der Waals surface area contributed by atoms with Crippen LogP contribution in [0.4, 0.5) is 0 Å². The Kier molecular flexibility index (Phi) is 12.0. The smallest absolute Gasteiger partial charge is 0.305 e. The molecule has 40 heavy (non-hydrogen) atoms. The third-order valence-corrected chi connectivity index (χ3v) is 13.8. The number of unbranched alkanes of at least 4 members (excludes halogenated alkanes) is 5. The molecule has 0 saturated heterocycles. The summed E-state index contributed by atoms with van der Waals surface area (Å²) in [6, 6.07) is 0. The highest BCUT2D eigenvalue weighted by Gasteiger charge is 2.60. The first kappa shape index (κ1) is 32.4. The first-order valence-corrected chi connectivity index (χ1v) is 18.4. The molecule has 0 heterocycles. The first-order valence-electron chi connectivity index (χ1n) is 18.4. The SMILES string of the molecule is CCCCCCCCC(=O)OCC[C@H](CC[C@@H](C)[C@H]1CC[C@H]2[C@@H]3CCC4CCCC[C@]4(C)[C@H]3CC[C@]12C)C(C)C. The molecular formula is C38H68O2. The second kappa shape index (κ2) is 14.8. The predicted molar refractivity (Wildman–Crippen MR) is 170 cm³/mol. The highest BCUT2D eigenvalue weighted by molar-refractivity contribution is 5.69. The zero-order valence-electron chi connectivity index (χ0n) is 27.8. The van der Waals surface area contributed by atoms with Gasteiger partial charge in [-0.15, -0.1) is 0 Å². The van der Waals surface area contributed by atoms with E-state index in [1.807, 2.05) is 0 Å². The number of ether oxygens (including phenoxy) is 1. The van der Waals surface area contributed by atoms with E-state index in [-0.39, 0.29) is 5.97 Å². The van der Waals surface area contributed by atoms with E-state index in [2.05, 4.69) is 41.5 Å². The van der Waals surface area contributed by atoms with Gasteiger partial charge in [0.25, 0.3) is 0 Å². The summed E-state index contributed by atoms with van der Waals surface area (Å²) in [6.07, 6.45) is 26.8. The van der Waals surface area contributed by atoms with Gasteiger partial charge >= 0.3 is 5.97 Å². The quantitative estimate of drug-likeness (QED) is 0.148. The standard InChI is InChI=1S/C38H68O2/c1-7-8-9-10-11-12-16-36(39)40-27-24-30(28(2)3)18-17-29(4)33-21-22-34-32-20-19-31-15-13-14-25-37(31,5)35(32)23-26-38(33,34)6/h28-35H,7-27H2,1-6H3/t29-,30+,31?,32+,33-,34+,35+,37+,38-/m1/s1. The second-order valence-corrected chi connectivity index (χ2v) is 16.2. The van der Waals surface area contributed by atoms with Gasteiger partial charge in [0.2, 0.25) is 0 Å². The Morgan fingerprint density at radius 1 is 0.775 bits per heavy atom. The summed E-state index contributed by atoms with van der Waals surface area (Å²) in [5.74, 6) is 7.17. The van der Waals surface area contributed by atoms with E-state index in [4.69, 9.17) is 4.74 Å². The molecular weight excluding hydrogens is 488 g/mol. The van der Waals surface area contributed by atoms with Crippen molar-refractivity contribution in [2.24, 2.45) is 58.2 Å². The van der Waals surface area contributed by atoms with Crippen LogP contribution in [0.25, 0.3) is 0 Å². The molecule has 4 rings (SSSR count). The summed E-state index contributed by atoms with van der Waals surface area (Å²) in [7, 11) is 0. The molecule has 0 aromatic carbocycles. The van der Waals surface area contributed by atoms with Gasteiger partial charge in [-0.2, -0.15) is 0 Å². The maximum atomic E-state index is 12.3. The molecule has 1 unspecified atom stereocenters. The van der Waals surface area contributed by atoms with Crippen molar-refractivity contribution in [2.45, 2.75) is 170 Å². The van der Waals surface area contributed by atoms with Crippen molar-refractivity contribution in [1.82, 2.24) is 0 Å². The normalized spacial score (nSPS) is 36.9. The maximum Gasteiger partial charge on any atom is 0.305 e. The molecule has 232 valence electrons. The van der Waals surface area contributed by atoms with Gasteiger partial charge in [-0.3, -0.25) is 4.79 Å². The van der Waals surface area contributed by atoms with E-state index in [1.165, 1.54) is 103 Å². The minimum Gasteiger partial charge on any atom is -0.466 e. The number of carbonyl (C=O) groups excluding carboxylic acids is 1. The van der Waals surface area contributed by atoms with E-state index in [0.29, 0.717) is 35.7 Å². The predicted octanol–water partition coefficient (Wildman–Crippen LogP) is 11.4. The first-order chi connectivity index (χ1) is 19.2. The summed E-state index contributed by atoms with van der Waals surface area (Å²) >= 11 is 0. The van der Waals surface area contributed by atoms with Crippen LogP contribution in [0.3, 0.4) is 0 Å². The number of hydrogen-bond donors (Lipinski definition) is 0. The zero-order valence-corrected chi connectivity index (χ0v) is 27.8. The van der Waals surface area contributed by atoms with Gasteiger partial charge in [-0.1, -0.05) is 92.9 Å². The molecule has 0 N–H and O–H groups in total. The number of hydrogen-bond acceptors (Lipinski definition) is 2. The van der Waals surface area contributed by atoms with Crippen molar-refractivity contribution in [3.63, 3.8) is 0 Å². The largest absolute Gasteiger partial charge is 0.466 e. The van der Waals surface area contributed by atoms with Crippen molar-refractivity contribution in [3.8, 4) is 0 Å². The Morgan fingerprint density at radius 3 is 2.30 bits per heavy atom. The molecule has 2 nitrogen and oxygen atoms in total. The van der Waals surface area contributed by atoms with Crippen molar-refractivity contribution >= 4 is 5.97 Å². The third-order valence-electron chi connectivity index (χ3n) is 13.8.